The molecule has 106 valence electrons. The Morgan fingerprint density at radius 3 is 2.70 bits per heavy atom. The van der Waals surface area contributed by atoms with Crippen molar-refractivity contribution >= 4 is 11.7 Å². The van der Waals surface area contributed by atoms with Gasteiger partial charge >= 0.3 is 0 Å². The van der Waals surface area contributed by atoms with Crippen molar-refractivity contribution in [3.63, 3.8) is 0 Å². The van der Waals surface area contributed by atoms with E-state index in [0.717, 1.165) is 16.6 Å². The zero-order chi connectivity index (χ0) is 14.9. The Labute approximate surface area is 114 Å². The van der Waals surface area contributed by atoms with Crippen LogP contribution in [0.3, 0.4) is 0 Å². The minimum absolute atomic E-state index is 0.117. The molecule has 0 radical (unpaired) electrons. The average molecular weight is 280 g/mol. The third-order valence-electron chi connectivity index (χ3n) is 2.94. The van der Waals surface area contributed by atoms with Crippen LogP contribution in [0.4, 0.5) is 14.6 Å². The fourth-order valence-corrected chi connectivity index (χ4v) is 1.87. The summed E-state index contributed by atoms with van der Waals surface area (Å²) in [5.41, 5.74) is 0.227. The quantitative estimate of drug-likeness (QED) is 0.867. The van der Waals surface area contributed by atoms with Gasteiger partial charge in [-0.3, -0.25) is 14.4 Å². The fourth-order valence-electron chi connectivity index (χ4n) is 1.87. The second-order valence-electron chi connectivity index (χ2n) is 4.37. The SMILES string of the molecule is Cc1cccc(N(C)C(=O)c2cnn(C)c2C(F)F)n1. The van der Waals surface area contributed by atoms with E-state index in [1.165, 1.54) is 19.0 Å². The molecule has 7 heteroatoms. The number of rotatable bonds is 3. The molecule has 2 rings (SSSR count). The maximum absolute atomic E-state index is 13.0. The molecule has 0 atom stereocenters. The van der Waals surface area contributed by atoms with Gasteiger partial charge in [-0.15, -0.1) is 0 Å². The van der Waals surface area contributed by atoms with Gasteiger partial charge in [-0.05, 0) is 19.1 Å². The number of aromatic nitrogens is 3. The molecule has 2 aromatic heterocycles. The van der Waals surface area contributed by atoms with E-state index in [0.29, 0.717) is 5.82 Å². The van der Waals surface area contributed by atoms with Crippen molar-refractivity contribution in [3.05, 3.63) is 41.3 Å². The van der Waals surface area contributed by atoms with E-state index < -0.39 is 18.0 Å². The summed E-state index contributed by atoms with van der Waals surface area (Å²) in [6.45, 7) is 1.79. The van der Waals surface area contributed by atoms with Crippen LogP contribution in [0.1, 0.15) is 28.2 Å². The number of carbonyl (C=O) groups is 1. The van der Waals surface area contributed by atoms with Gasteiger partial charge in [0.1, 0.15) is 11.5 Å². The number of pyridine rings is 1. The Kier molecular flexibility index (Phi) is 3.78. The van der Waals surface area contributed by atoms with E-state index in [1.54, 1.807) is 25.1 Å². The van der Waals surface area contributed by atoms with Gasteiger partial charge in [-0.25, -0.2) is 13.8 Å². The summed E-state index contributed by atoms with van der Waals surface area (Å²) < 4.78 is 26.9. The standard InChI is InChI=1S/C13H14F2N4O/c1-8-5-4-6-10(17-8)18(2)13(20)9-7-16-19(3)11(9)12(14)15/h4-7,12H,1-3H3. The summed E-state index contributed by atoms with van der Waals surface area (Å²) in [6, 6.07) is 5.18. The molecular weight excluding hydrogens is 266 g/mol. The van der Waals surface area contributed by atoms with Crippen molar-refractivity contribution in [2.75, 3.05) is 11.9 Å². The molecular formula is C13H14F2N4O. The van der Waals surface area contributed by atoms with Crippen LogP contribution in [-0.2, 0) is 7.05 Å². The van der Waals surface area contributed by atoms with Gasteiger partial charge in [-0.1, -0.05) is 6.07 Å². The molecule has 2 heterocycles. The third-order valence-corrected chi connectivity index (χ3v) is 2.94. The molecule has 0 saturated heterocycles. The Morgan fingerprint density at radius 2 is 2.10 bits per heavy atom. The lowest BCUT2D eigenvalue weighted by molar-refractivity contribution is 0.0974. The normalized spacial score (nSPS) is 10.9. The number of alkyl halides is 2. The fraction of sp³-hybridized carbons (Fsp3) is 0.308. The van der Waals surface area contributed by atoms with Gasteiger partial charge in [-0.2, -0.15) is 5.10 Å². The van der Waals surface area contributed by atoms with Gasteiger partial charge < -0.3 is 0 Å². The average Bonchev–Trinajstić information content (AvgIpc) is 2.79. The van der Waals surface area contributed by atoms with Crippen LogP contribution >= 0.6 is 0 Å². The molecule has 0 aliphatic rings. The number of hydrogen-bond acceptors (Lipinski definition) is 3. The number of nitrogens with zero attached hydrogens (tertiary/aromatic N) is 4. The molecule has 2 aromatic rings. The predicted octanol–water partition coefficient (Wildman–Crippen LogP) is 2.34. The smallest absolute Gasteiger partial charge is 0.280 e. The first-order valence-electron chi connectivity index (χ1n) is 5.93. The topological polar surface area (TPSA) is 51.0 Å². The number of amides is 1. The molecule has 1 amide bonds. The summed E-state index contributed by atoms with van der Waals surface area (Å²) in [7, 11) is 2.87. The number of halogens is 2. The molecule has 0 aliphatic carbocycles. The molecule has 0 bridgehead atoms. The molecule has 0 aromatic carbocycles. The highest BCUT2D eigenvalue weighted by molar-refractivity contribution is 6.05. The van der Waals surface area contributed by atoms with Gasteiger partial charge in [0.15, 0.2) is 0 Å². The molecule has 0 fully saturated rings. The lowest BCUT2D eigenvalue weighted by Gasteiger charge is -2.16. The van der Waals surface area contributed by atoms with Crippen molar-refractivity contribution in [2.24, 2.45) is 7.05 Å². The van der Waals surface area contributed by atoms with Crippen LogP contribution in [0.15, 0.2) is 24.4 Å². The van der Waals surface area contributed by atoms with Gasteiger partial charge in [0.2, 0.25) is 0 Å². The highest BCUT2D eigenvalue weighted by atomic mass is 19.3. The second-order valence-corrected chi connectivity index (χ2v) is 4.37. The Hall–Kier alpha value is -2.31. The van der Waals surface area contributed by atoms with E-state index in [9.17, 15) is 13.6 Å². The Balaban J connectivity index is 2.37. The number of aryl methyl sites for hydroxylation is 2. The van der Waals surface area contributed by atoms with Gasteiger partial charge in [0, 0.05) is 19.8 Å². The molecule has 20 heavy (non-hydrogen) atoms. The predicted molar refractivity (Wildman–Crippen MR) is 69.9 cm³/mol. The van der Waals surface area contributed by atoms with Crippen LogP contribution in [-0.4, -0.2) is 27.7 Å². The van der Waals surface area contributed by atoms with Crippen molar-refractivity contribution in [2.45, 2.75) is 13.3 Å². The first kappa shape index (κ1) is 14.1. The summed E-state index contributed by atoms with van der Waals surface area (Å²) in [5, 5.41) is 3.72. The zero-order valence-corrected chi connectivity index (χ0v) is 11.3. The summed E-state index contributed by atoms with van der Waals surface area (Å²) in [6.07, 6.45) is -1.61. The minimum Gasteiger partial charge on any atom is -0.296 e. The zero-order valence-electron chi connectivity index (χ0n) is 11.3. The molecule has 0 spiro atoms. The lowest BCUT2D eigenvalue weighted by atomic mass is 10.2. The summed E-state index contributed by atoms with van der Waals surface area (Å²) >= 11 is 0. The summed E-state index contributed by atoms with van der Waals surface area (Å²) in [5.74, 6) is -0.162. The van der Waals surface area contributed by atoms with E-state index in [-0.39, 0.29) is 5.56 Å². The first-order chi connectivity index (χ1) is 9.41. The largest absolute Gasteiger partial charge is 0.296 e. The van der Waals surface area contributed by atoms with Gasteiger partial charge in [0.05, 0.1) is 11.8 Å². The van der Waals surface area contributed by atoms with Crippen LogP contribution in [0, 0.1) is 6.92 Å². The van der Waals surface area contributed by atoms with Crippen molar-refractivity contribution in [3.8, 4) is 0 Å². The van der Waals surface area contributed by atoms with Crippen LogP contribution < -0.4 is 4.90 Å². The molecule has 0 saturated carbocycles. The lowest BCUT2D eigenvalue weighted by Crippen LogP contribution is -2.28. The van der Waals surface area contributed by atoms with Crippen molar-refractivity contribution in [1.82, 2.24) is 14.8 Å². The Morgan fingerprint density at radius 1 is 1.40 bits per heavy atom. The van der Waals surface area contributed by atoms with Crippen LogP contribution in [0.25, 0.3) is 0 Å². The number of hydrogen-bond donors (Lipinski definition) is 0. The van der Waals surface area contributed by atoms with Crippen LogP contribution in [0.2, 0.25) is 0 Å². The molecule has 5 nitrogen and oxygen atoms in total. The number of anilines is 1. The Bertz CT molecular complexity index is 639. The second kappa shape index (κ2) is 5.36. The minimum atomic E-state index is -2.76. The van der Waals surface area contributed by atoms with E-state index in [4.69, 9.17) is 0 Å². The van der Waals surface area contributed by atoms with E-state index >= 15 is 0 Å². The third kappa shape index (κ3) is 2.52. The number of carbonyl (C=O) groups excluding carboxylic acids is 1. The molecule has 0 N–H and O–H groups in total. The molecule has 0 unspecified atom stereocenters. The first-order valence-corrected chi connectivity index (χ1v) is 5.93. The van der Waals surface area contributed by atoms with E-state index in [2.05, 4.69) is 10.1 Å². The van der Waals surface area contributed by atoms with Crippen molar-refractivity contribution in [1.29, 1.82) is 0 Å². The highest BCUT2D eigenvalue weighted by Gasteiger charge is 2.26. The monoisotopic (exact) mass is 280 g/mol. The highest BCUT2D eigenvalue weighted by Crippen LogP contribution is 2.24. The van der Waals surface area contributed by atoms with Crippen molar-refractivity contribution < 1.29 is 13.6 Å². The van der Waals surface area contributed by atoms with Gasteiger partial charge in [0.25, 0.3) is 12.3 Å². The molecule has 0 aliphatic heterocycles. The van der Waals surface area contributed by atoms with E-state index in [1.807, 2.05) is 0 Å². The maximum Gasteiger partial charge on any atom is 0.280 e. The summed E-state index contributed by atoms with van der Waals surface area (Å²) in [4.78, 5) is 17.7. The van der Waals surface area contributed by atoms with Crippen LogP contribution in [0.5, 0.6) is 0 Å². The maximum atomic E-state index is 13.0.